The summed E-state index contributed by atoms with van der Waals surface area (Å²) in [6.07, 6.45) is 0. The normalized spacial score (nSPS) is 12.3. The van der Waals surface area contributed by atoms with Crippen molar-refractivity contribution in [2.45, 2.75) is 26.9 Å². The molecule has 1 aromatic heterocycles. The van der Waals surface area contributed by atoms with Gasteiger partial charge in [0.2, 0.25) is 5.91 Å². The van der Waals surface area contributed by atoms with Crippen LogP contribution in [0.1, 0.15) is 16.7 Å². The molecule has 4 aromatic rings. The van der Waals surface area contributed by atoms with Crippen LogP contribution in [0.5, 0.6) is 17.2 Å². The van der Waals surface area contributed by atoms with E-state index in [1.165, 1.54) is 4.57 Å². The van der Waals surface area contributed by atoms with Gasteiger partial charge in [0.25, 0.3) is 5.56 Å². The molecule has 0 saturated heterocycles. The summed E-state index contributed by atoms with van der Waals surface area (Å²) >= 11 is 0. The minimum atomic E-state index is -0.282. The van der Waals surface area contributed by atoms with E-state index in [0.717, 1.165) is 33.6 Å². The molecular formula is C29H29N3O5. The molecule has 0 bridgehead atoms. The summed E-state index contributed by atoms with van der Waals surface area (Å²) in [6.45, 7) is 4.92. The largest absolute Gasteiger partial charge is 0.497 e. The fourth-order valence-corrected chi connectivity index (χ4v) is 4.50. The quantitative estimate of drug-likeness (QED) is 0.385. The fourth-order valence-electron chi connectivity index (χ4n) is 4.50. The van der Waals surface area contributed by atoms with Crippen LogP contribution in [0.2, 0.25) is 0 Å². The molecule has 3 aromatic carbocycles. The number of anilines is 2. The zero-order valence-corrected chi connectivity index (χ0v) is 21.1. The molecule has 0 unspecified atom stereocenters. The maximum atomic E-state index is 13.6. The minimum absolute atomic E-state index is 0.140. The average Bonchev–Trinajstić information content (AvgIpc) is 2.91. The number of amides is 1. The van der Waals surface area contributed by atoms with E-state index in [4.69, 9.17) is 14.2 Å². The summed E-state index contributed by atoms with van der Waals surface area (Å²) in [4.78, 5) is 26.8. The summed E-state index contributed by atoms with van der Waals surface area (Å²) in [6, 6.07) is 18.8. The van der Waals surface area contributed by atoms with Crippen molar-refractivity contribution in [2.75, 3.05) is 31.0 Å². The van der Waals surface area contributed by atoms with Gasteiger partial charge in [0.15, 0.2) is 11.5 Å². The number of aromatic nitrogens is 1. The van der Waals surface area contributed by atoms with Crippen LogP contribution in [-0.2, 0) is 17.9 Å². The van der Waals surface area contributed by atoms with E-state index in [-0.39, 0.29) is 24.6 Å². The second-order valence-electron chi connectivity index (χ2n) is 9.01. The summed E-state index contributed by atoms with van der Waals surface area (Å²) < 4.78 is 18.2. The highest BCUT2D eigenvalue weighted by atomic mass is 16.6. The third-order valence-corrected chi connectivity index (χ3v) is 6.45. The third kappa shape index (κ3) is 5.09. The Morgan fingerprint density at radius 2 is 1.65 bits per heavy atom. The van der Waals surface area contributed by atoms with Gasteiger partial charge in [-0.2, -0.15) is 0 Å². The lowest BCUT2D eigenvalue weighted by atomic mass is 10.1. The van der Waals surface area contributed by atoms with Crippen molar-refractivity contribution in [2.24, 2.45) is 0 Å². The van der Waals surface area contributed by atoms with Gasteiger partial charge in [-0.3, -0.25) is 14.2 Å². The Balaban J connectivity index is 1.50. The SMILES string of the molecule is COc1ccc(NCc2cc3cc4c(cc3n(CC(=O)Nc3c(C)cccc3C)c2=O)OCCO4)cc1. The van der Waals surface area contributed by atoms with Crippen molar-refractivity contribution in [3.8, 4) is 17.2 Å². The van der Waals surface area contributed by atoms with Crippen molar-refractivity contribution in [1.82, 2.24) is 4.57 Å². The molecule has 2 heterocycles. The molecule has 1 aliphatic heterocycles. The molecular weight excluding hydrogens is 470 g/mol. The Kier molecular flexibility index (Phi) is 6.72. The van der Waals surface area contributed by atoms with Crippen LogP contribution in [0.3, 0.4) is 0 Å². The number of pyridine rings is 1. The van der Waals surface area contributed by atoms with Crippen LogP contribution >= 0.6 is 0 Å². The lowest BCUT2D eigenvalue weighted by Crippen LogP contribution is -2.31. The summed E-state index contributed by atoms with van der Waals surface area (Å²) in [5.41, 5.74) is 4.42. The first-order valence-corrected chi connectivity index (χ1v) is 12.1. The first kappa shape index (κ1) is 24.2. The Morgan fingerprint density at radius 1 is 0.973 bits per heavy atom. The molecule has 0 radical (unpaired) electrons. The van der Waals surface area contributed by atoms with Gasteiger partial charge in [0.1, 0.15) is 25.5 Å². The Morgan fingerprint density at radius 3 is 2.32 bits per heavy atom. The molecule has 1 amide bonds. The molecule has 1 aliphatic rings. The number of nitrogens with one attached hydrogen (secondary N) is 2. The number of hydrogen-bond donors (Lipinski definition) is 2. The van der Waals surface area contributed by atoms with Gasteiger partial charge in [0, 0.05) is 34.9 Å². The van der Waals surface area contributed by atoms with E-state index in [0.29, 0.717) is 35.8 Å². The summed E-state index contributed by atoms with van der Waals surface area (Å²) in [5, 5.41) is 7.06. The van der Waals surface area contributed by atoms with Gasteiger partial charge < -0.3 is 24.8 Å². The Bertz CT molecular complexity index is 1510. The van der Waals surface area contributed by atoms with Crippen LogP contribution < -0.4 is 30.4 Å². The molecule has 8 nitrogen and oxygen atoms in total. The minimum Gasteiger partial charge on any atom is -0.497 e. The van der Waals surface area contributed by atoms with Crippen molar-refractivity contribution < 1.29 is 19.0 Å². The molecule has 0 spiro atoms. The van der Waals surface area contributed by atoms with Gasteiger partial charge in [-0.1, -0.05) is 18.2 Å². The molecule has 0 aliphatic carbocycles. The number of ether oxygens (including phenoxy) is 3. The number of rotatable bonds is 7. The summed E-state index contributed by atoms with van der Waals surface area (Å²) in [7, 11) is 1.62. The van der Waals surface area contributed by atoms with Crippen molar-refractivity contribution in [3.05, 3.63) is 87.7 Å². The van der Waals surface area contributed by atoms with Gasteiger partial charge in [-0.25, -0.2) is 0 Å². The maximum Gasteiger partial charge on any atom is 0.256 e. The van der Waals surface area contributed by atoms with Crippen molar-refractivity contribution in [3.63, 3.8) is 0 Å². The zero-order valence-electron chi connectivity index (χ0n) is 21.1. The van der Waals surface area contributed by atoms with E-state index in [1.54, 1.807) is 13.2 Å². The van der Waals surface area contributed by atoms with Gasteiger partial charge >= 0.3 is 0 Å². The molecule has 2 N–H and O–H groups in total. The van der Waals surface area contributed by atoms with Crippen LogP contribution in [0.15, 0.2) is 65.5 Å². The van der Waals surface area contributed by atoms with Gasteiger partial charge in [0.05, 0.1) is 12.6 Å². The predicted molar refractivity (Wildman–Crippen MR) is 144 cm³/mol. The van der Waals surface area contributed by atoms with E-state index in [1.807, 2.05) is 68.4 Å². The first-order chi connectivity index (χ1) is 17.9. The standard InChI is InChI=1S/C29H29N3O5/c1-18-5-4-6-19(2)28(18)31-27(33)17-32-24-15-26-25(36-11-12-37-26)14-20(24)13-21(29(32)34)16-30-22-7-9-23(35-3)10-8-22/h4-10,13-15,30H,11-12,16-17H2,1-3H3,(H,31,33). The second-order valence-corrected chi connectivity index (χ2v) is 9.01. The molecule has 0 atom stereocenters. The first-order valence-electron chi connectivity index (χ1n) is 12.1. The smallest absolute Gasteiger partial charge is 0.256 e. The number of fused-ring (bicyclic) bond motifs is 2. The molecule has 37 heavy (non-hydrogen) atoms. The average molecular weight is 500 g/mol. The number of hydrogen-bond acceptors (Lipinski definition) is 6. The lowest BCUT2D eigenvalue weighted by molar-refractivity contribution is -0.116. The fraction of sp³-hybridized carbons (Fsp3) is 0.241. The van der Waals surface area contributed by atoms with Crippen molar-refractivity contribution in [1.29, 1.82) is 0 Å². The van der Waals surface area contributed by atoms with Crippen LogP contribution in [0.25, 0.3) is 10.9 Å². The zero-order chi connectivity index (χ0) is 25.9. The van der Waals surface area contributed by atoms with Crippen LogP contribution in [0.4, 0.5) is 11.4 Å². The number of carbonyl (C=O) groups excluding carboxylic acids is 1. The number of benzene rings is 3. The highest BCUT2D eigenvalue weighted by molar-refractivity contribution is 5.93. The Labute approximate surface area is 214 Å². The molecule has 0 fully saturated rings. The molecule has 5 rings (SSSR count). The highest BCUT2D eigenvalue weighted by Gasteiger charge is 2.19. The topological polar surface area (TPSA) is 90.8 Å². The number of nitrogens with zero attached hydrogens (tertiary/aromatic N) is 1. The molecule has 0 saturated carbocycles. The van der Waals surface area contributed by atoms with Gasteiger partial charge in [-0.15, -0.1) is 0 Å². The van der Waals surface area contributed by atoms with E-state index in [2.05, 4.69) is 10.6 Å². The number of para-hydroxylation sites is 1. The van der Waals surface area contributed by atoms with E-state index < -0.39 is 0 Å². The molecule has 190 valence electrons. The summed E-state index contributed by atoms with van der Waals surface area (Å²) in [5.74, 6) is 1.65. The van der Waals surface area contributed by atoms with Crippen LogP contribution in [-0.4, -0.2) is 30.8 Å². The lowest BCUT2D eigenvalue weighted by Gasteiger charge is -2.21. The van der Waals surface area contributed by atoms with Crippen LogP contribution in [0, 0.1) is 13.8 Å². The Hall–Kier alpha value is -4.46. The highest BCUT2D eigenvalue weighted by Crippen LogP contribution is 2.34. The molecule has 8 heteroatoms. The second kappa shape index (κ2) is 10.3. The monoisotopic (exact) mass is 499 g/mol. The van der Waals surface area contributed by atoms with E-state index >= 15 is 0 Å². The van der Waals surface area contributed by atoms with Crippen molar-refractivity contribution >= 4 is 28.2 Å². The van der Waals surface area contributed by atoms with E-state index in [9.17, 15) is 9.59 Å². The van der Waals surface area contributed by atoms with Gasteiger partial charge in [-0.05, 0) is 61.4 Å². The maximum absolute atomic E-state index is 13.6. The third-order valence-electron chi connectivity index (χ3n) is 6.45. The number of methoxy groups -OCH3 is 1. The number of aryl methyl sites for hydroxylation is 2. The number of carbonyl (C=O) groups is 1. The predicted octanol–water partition coefficient (Wildman–Crippen LogP) is 4.65.